The lowest BCUT2D eigenvalue weighted by Crippen LogP contribution is -2.47. The zero-order chi connectivity index (χ0) is 9.84. The van der Waals surface area contributed by atoms with Crippen LogP contribution >= 0.6 is 12.4 Å². The number of halogens is 1. The lowest BCUT2D eigenvalue weighted by atomic mass is 9.91. The van der Waals surface area contributed by atoms with Gasteiger partial charge in [0, 0.05) is 12.1 Å². The van der Waals surface area contributed by atoms with Crippen LogP contribution in [0.5, 0.6) is 0 Å². The molecule has 1 fully saturated rings. The van der Waals surface area contributed by atoms with E-state index in [2.05, 4.69) is 5.32 Å². The smallest absolute Gasteiger partial charge is 0.236 e. The zero-order valence-electron chi connectivity index (χ0n) is 8.53. The molecule has 1 saturated carbocycles. The lowest BCUT2D eigenvalue weighted by molar-refractivity contribution is -0.122. The molecule has 4 nitrogen and oxygen atoms in total. The van der Waals surface area contributed by atoms with Gasteiger partial charge in [-0.25, -0.2) is 0 Å². The molecular formula is C9H20ClN3O. The van der Waals surface area contributed by atoms with Crippen LogP contribution in [0.1, 0.15) is 32.6 Å². The van der Waals surface area contributed by atoms with Crippen molar-refractivity contribution in [3.8, 4) is 0 Å². The Morgan fingerprint density at radius 3 is 2.64 bits per heavy atom. The van der Waals surface area contributed by atoms with Crippen molar-refractivity contribution in [2.45, 2.75) is 50.7 Å². The van der Waals surface area contributed by atoms with Crippen LogP contribution in [0, 0.1) is 0 Å². The van der Waals surface area contributed by atoms with E-state index in [0.29, 0.717) is 0 Å². The molecule has 5 heteroatoms. The van der Waals surface area contributed by atoms with Gasteiger partial charge in [-0.3, -0.25) is 4.79 Å². The average Bonchev–Trinajstić information content (AvgIpc) is 2.04. The Morgan fingerprint density at radius 1 is 1.50 bits per heavy atom. The molecule has 0 radical (unpaired) electrons. The average molecular weight is 222 g/mol. The lowest BCUT2D eigenvalue weighted by Gasteiger charge is -2.27. The van der Waals surface area contributed by atoms with Gasteiger partial charge < -0.3 is 16.8 Å². The second-order valence-corrected chi connectivity index (χ2v) is 3.92. The van der Waals surface area contributed by atoms with Gasteiger partial charge in [0.2, 0.25) is 5.91 Å². The van der Waals surface area contributed by atoms with Gasteiger partial charge in [0.25, 0.3) is 0 Å². The van der Waals surface area contributed by atoms with Gasteiger partial charge in [-0.2, -0.15) is 0 Å². The highest BCUT2D eigenvalue weighted by molar-refractivity contribution is 5.85. The monoisotopic (exact) mass is 221 g/mol. The molecule has 0 aromatic heterocycles. The quantitative estimate of drug-likeness (QED) is 0.621. The third-order valence-corrected chi connectivity index (χ3v) is 2.47. The predicted octanol–water partition coefficient (Wildman–Crippen LogP) is 0.142. The molecule has 0 aliphatic heterocycles. The summed E-state index contributed by atoms with van der Waals surface area (Å²) in [5.74, 6) is -0.0703. The highest BCUT2D eigenvalue weighted by Crippen LogP contribution is 2.16. The Labute approximate surface area is 91.2 Å². The molecule has 1 aliphatic rings. The van der Waals surface area contributed by atoms with Crippen molar-refractivity contribution in [1.82, 2.24) is 5.32 Å². The van der Waals surface area contributed by atoms with Gasteiger partial charge in [0.1, 0.15) is 0 Å². The fourth-order valence-corrected chi connectivity index (χ4v) is 1.69. The molecule has 0 heterocycles. The van der Waals surface area contributed by atoms with E-state index in [9.17, 15) is 4.79 Å². The van der Waals surface area contributed by atoms with E-state index in [1.807, 2.05) is 0 Å². The number of carbonyl (C=O) groups excluding carboxylic acids is 1. The van der Waals surface area contributed by atoms with Gasteiger partial charge in [0.05, 0.1) is 6.04 Å². The number of rotatable bonds is 2. The van der Waals surface area contributed by atoms with E-state index >= 15 is 0 Å². The van der Waals surface area contributed by atoms with Crippen LogP contribution in [0.15, 0.2) is 0 Å². The number of carbonyl (C=O) groups is 1. The summed E-state index contributed by atoms with van der Waals surface area (Å²) in [4.78, 5) is 11.2. The summed E-state index contributed by atoms with van der Waals surface area (Å²) in [5, 5.41) is 2.90. The Morgan fingerprint density at radius 2 is 2.14 bits per heavy atom. The second-order valence-electron chi connectivity index (χ2n) is 3.92. The molecule has 0 bridgehead atoms. The van der Waals surface area contributed by atoms with Crippen LogP contribution in [-0.2, 0) is 4.79 Å². The molecule has 0 saturated heterocycles. The van der Waals surface area contributed by atoms with Crippen molar-refractivity contribution in [1.29, 1.82) is 0 Å². The third-order valence-electron chi connectivity index (χ3n) is 2.47. The van der Waals surface area contributed by atoms with E-state index in [0.717, 1.165) is 25.7 Å². The first-order chi connectivity index (χ1) is 6.09. The molecule has 0 aromatic carbocycles. The number of amides is 1. The maximum absolute atomic E-state index is 11.2. The minimum absolute atomic E-state index is 0. The van der Waals surface area contributed by atoms with Crippen LogP contribution in [0.3, 0.4) is 0 Å². The second kappa shape index (κ2) is 6.22. The minimum atomic E-state index is -0.418. The van der Waals surface area contributed by atoms with Gasteiger partial charge in [-0.05, 0) is 32.6 Å². The van der Waals surface area contributed by atoms with E-state index < -0.39 is 6.04 Å². The summed E-state index contributed by atoms with van der Waals surface area (Å²) in [5.41, 5.74) is 11.2. The first-order valence-electron chi connectivity index (χ1n) is 4.91. The Hall–Kier alpha value is -0.320. The number of nitrogens with two attached hydrogens (primary N) is 2. The highest BCUT2D eigenvalue weighted by Gasteiger charge is 2.21. The number of hydrogen-bond donors (Lipinski definition) is 3. The molecule has 1 aliphatic carbocycles. The molecular weight excluding hydrogens is 202 g/mol. The topological polar surface area (TPSA) is 81.1 Å². The van der Waals surface area contributed by atoms with Crippen molar-refractivity contribution in [3.63, 3.8) is 0 Å². The molecule has 5 N–H and O–H groups in total. The fourth-order valence-electron chi connectivity index (χ4n) is 1.69. The summed E-state index contributed by atoms with van der Waals surface area (Å²) in [6.07, 6.45) is 4.10. The fraction of sp³-hybridized carbons (Fsp3) is 0.889. The predicted molar refractivity (Wildman–Crippen MR) is 59.3 cm³/mol. The third kappa shape index (κ3) is 4.26. The van der Waals surface area contributed by atoms with Crippen molar-refractivity contribution in [2.75, 3.05) is 0 Å². The Kier molecular flexibility index (Phi) is 6.08. The van der Waals surface area contributed by atoms with Gasteiger partial charge >= 0.3 is 0 Å². The molecule has 14 heavy (non-hydrogen) atoms. The van der Waals surface area contributed by atoms with Crippen molar-refractivity contribution in [3.05, 3.63) is 0 Å². The maximum atomic E-state index is 11.2. The van der Waals surface area contributed by atoms with Gasteiger partial charge in [0.15, 0.2) is 0 Å². The normalized spacial score (nSPS) is 28.8. The van der Waals surface area contributed by atoms with Gasteiger partial charge in [-0.15, -0.1) is 12.4 Å². The van der Waals surface area contributed by atoms with E-state index in [1.54, 1.807) is 6.92 Å². The first kappa shape index (κ1) is 13.7. The van der Waals surface area contributed by atoms with Crippen molar-refractivity contribution < 1.29 is 4.79 Å². The largest absolute Gasteiger partial charge is 0.352 e. The summed E-state index contributed by atoms with van der Waals surface area (Å²) >= 11 is 0. The molecule has 3 atom stereocenters. The van der Waals surface area contributed by atoms with Crippen LogP contribution in [0.25, 0.3) is 0 Å². The molecule has 2 unspecified atom stereocenters. The summed E-state index contributed by atoms with van der Waals surface area (Å²) in [6.45, 7) is 1.69. The molecule has 1 rings (SSSR count). The molecule has 84 valence electrons. The molecule has 1 amide bonds. The zero-order valence-corrected chi connectivity index (χ0v) is 9.35. The SMILES string of the molecule is C[C@H](N)C(=O)NC1CCCC(N)C1.Cl. The van der Waals surface area contributed by atoms with Crippen LogP contribution < -0.4 is 16.8 Å². The maximum Gasteiger partial charge on any atom is 0.236 e. The number of hydrogen-bond acceptors (Lipinski definition) is 3. The highest BCUT2D eigenvalue weighted by atomic mass is 35.5. The molecule has 0 aromatic rings. The number of nitrogens with one attached hydrogen (secondary N) is 1. The van der Waals surface area contributed by atoms with E-state index in [4.69, 9.17) is 11.5 Å². The Balaban J connectivity index is 0.00000169. The van der Waals surface area contributed by atoms with E-state index in [1.165, 1.54) is 0 Å². The van der Waals surface area contributed by atoms with Crippen LogP contribution in [-0.4, -0.2) is 24.0 Å². The summed E-state index contributed by atoms with van der Waals surface area (Å²) in [7, 11) is 0. The van der Waals surface area contributed by atoms with Crippen molar-refractivity contribution in [2.24, 2.45) is 11.5 Å². The van der Waals surface area contributed by atoms with Gasteiger partial charge in [-0.1, -0.05) is 0 Å². The Bertz CT molecular complexity index is 187. The van der Waals surface area contributed by atoms with Crippen molar-refractivity contribution >= 4 is 18.3 Å². The van der Waals surface area contributed by atoms with Crippen LogP contribution in [0.2, 0.25) is 0 Å². The van der Waals surface area contributed by atoms with E-state index in [-0.39, 0.29) is 30.4 Å². The minimum Gasteiger partial charge on any atom is -0.352 e. The first-order valence-corrected chi connectivity index (χ1v) is 4.91. The summed E-state index contributed by atoms with van der Waals surface area (Å²) < 4.78 is 0. The summed E-state index contributed by atoms with van der Waals surface area (Å²) in [6, 6.07) is 0.0625. The van der Waals surface area contributed by atoms with Crippen LogP contribution in [0.4, 0.5) is 0 Å². The molecule has 0 spiro atoms. The standard InChI is InChI=1S/C9H19N3O.ClH/c1-6(10)9(13)12-8-4-2-3-7(11)5-8;/h6-8H,2-5,10-11H2,1H3,(H,12,13);1H/t6-,7?,8?;/m0./s1.